The zero-order valence-electron chi connectivity index (χ0n) is 6.97. The molecular formula is C8H9BrN2OS. The van der Waals surface area contributed by atoms with Crippen LogP contribution >= 0.6 is 28.1 Å². The lowest BCUT2D eigenvalue weighted by Gasteiger charge is -2.08. The van der Waals surface area contributed by atoms with Crippen LogP contribution in [0.3, 0.4) is 0 Å². The Morgan fingerprint density at radius 3 is 2.77 bits per heavy atom. The Hall–Kier alpha value is -0.810. The zero-order valence-corrected chi connectivity index (χ0v) is 9.37. The van der Waals surface area contributed by atoms with E-state index in [1.807, 2.05) is 6.92 Å². The van der Waals surface area contributed by atoms with Gasteiger partial charge in [-0.3, -0.25) is 0 Å². The van der Waals surface area contributed by atoms with E-state index in [-0.39, 0.29) is 10.9 Å². The summed E-state index contributed by atoms with van der Waals surface area (Å²) in [6.07, 6.45) is 0. The lowest BCUT2D eigenvalue weighted by molar-refractivity contribution is 0.474. The number of phenolic OH excluding ortho intramolecular Hbond substituents is 1. The van der Waals surface area contributed by atoms with Crippen molar-refractivity contribution in [2.75, 3.05) is 5.32 Å². The lowest BCUT2D eigenvalue weighted by Crippen LogP contribution is -2.19. The molecule has 5 heteroatoms. The van der Waals surface area contributed by atoms with E-state index in [1.54, 1.807) is 12.1 Å². The molecule has 0 aliphatic carbocycles. The van der Waals surface area contributed by atoms with Gasteiger partial charge in [-0.25, -0.2) is 0 Å². The molecule has 0 aromatic heterocycles. The number of aromatic hydroxyl groups is 1. The molecule has 1 aromatic carbocycles. The van der Waals surface area contributed by atoms with Gasteiger partial charge in [-0.05, 0) is 52.8 Å². The number of aryl methyl sites for hydroxylation is 1. The third kappa shape index (κ3) is 2.57. The van der Waals surface area contributed by atoms with Gasteiger partial charge in [0.1, 0.15) is 0 Å². The van der Waals surface area contributed by atoms with Crippen LogP contribution in [-0.4, -0.2) is 10.2 Å². The van der Waals surface area contributed by atoms with Crippen LogP contribution in [0.1, 0.15) is 5.56 Å². The summed E-state index contributed by atoms with van der Waals surface area (Å²) in [6.45, 7) is 1.91. The highest BCUT2D eigenvalue weighted by Gasteiger charge is 2.06. The topological polar surface area (TPSA) is 58.3 Å². The number of halogens is 1. The molecule has 13 heavy (non-hydrogen) atoms. The molecule has 0 heterocycles. The fourth-order valence-electron chi connectivity index (χ4n) is 0.963. The molecule has 0 aliphatic rings. The van der Waals surface area contributed by atoms with Gasteiger partial charge in [0.15, 0.2) is 10.9 Å². The predicted octanol–water partition coefficient (Wildman–Crippen LogP) is 2.12. The highest BCUT2D eigenvalue weighted by atomic mass is 79.9. The van der Waals surface area contributed by atoms with Gasteiger partial charge < -0.3 is 16.2 Å². The second-order valence-electron chi connectivity index (χ2n) is 2.63. The number of phenols is 1. The normalized spacial score (nSPS) is 9.69. The molecule has 0 bridgehead atoms. The lowest BCUT2D eigenvalue weighted by atomic mass is 10.2. The van der Waals surface area contributed by atoms with Gasteiger partial charge >= 0.3 is 0 Å². The molecule has 0 spiro atoms. The quantitative estimate of drug-likeness (QED) is 0.535. The summed E-state index contributed by atoms with van der Waals surface area (Å²) in [5, 5.41) is 12.4. The first-order valence-electron chi connectivity index (χ1n) is 3.56. The van der Waals surface area contributed by atoms with Crippen molar-refractivity contribution in [2.24, 2.45) is 5.73 Å². The van der Waals surface area contributed by atoms with E-state index < -0.39 is 0 Å². The fraction of sp³-hybridized carbons (Fsp3) is 0.125. The van der Waals surface area contributed by atoms with Gasteiger partial charge in [-0.2, -0.15) is 0 Å². The van der Waals surface area contributed by atoms with Crippen molar-refractivity contribution in [1.29, 1.82) is 0 Å². The highest BCUT2D eigenvalue weighted by molar-refractivity contribution is 9.10. The molecule has 0 saturated carbocycles. The molecule has 0 atom stereocenters. The van der Waals surface area contributed by atoms with Gasteiger partial charge in [0.2, 0.25) is 0 Å². The van der Waals surface area contributed by atoms with Crippen molar-refractivity contribution < 1.29 is 5.11 Å². The van der Waals surface area contributed by atoms with Crippen molar-refractivity contribution in [1.82, 2.24) is 0 Å². The maximum absolute atomic E-state index is 9.55. The Morgan fingerprint density at radius 2 is 2.23 bits per heavy atom. The van der Waals surface area contributed by atoms with Crippen LogP contribution in [0.15, 0.2) is 16.6 Å². The number of benzene rings is 1. The van der Waals surface area contributed by atoms with Gasteiger partial charge in [0, 0.05) is 0 Å². The number of anilines is 1. The van der Waals surface area contributed by atoms with Crippen LogP contribution in [0.25, 0.3) is 0 Å². The summed E-state index contributed by atoms with van der Waals surface area (Å²) in [7, 11) is 0. The Bertz CT molecular complexity index is 354. The summed E-state index contributed by atoms with van der Waals surface area (Å²) < 4.78 is 0.617. The molecule has 3 nitrogen and oxygen atoms in total. The Balaban J connectivity index is 3.12. The third-order valence-corrected chi connectivity index (χ3v) is 2.17. The number of hydrogen-bond acceptors (Lipinski definition) is 2. The first-order valence-corrected chi connectivity index (χ1v) is 4.76. The maximum atomic E-state index is 9.55. The minimum absolute atomic E-state index is 0.110. The first kappa shape index (κ1) is 10.3. The molecule has 0 unspecified atom stereocenters. The van der Waals surface area contributed by atoms with Crippen molar-refractivity contribution >= 4 is 38.9 Å². The van der Waals surface area contributed by atoms with E-state index in [0.717, 1.165) is 5.56 Å². The minimum Gasteiger partial charge on any atom is -0.505 e. The molecule has 0 aliphatic heterocycles. The van der Waals surface area contributed by atoms with Crippen molar-refractivity contribution in [2.45, 2.75) is 6.92 Å². The summed E-state index contributed by atoms with van der Waals surface area (Å²) >= 11 is 7.88. The average Bonchev–Trinajstić information content (AvgIpc) is 1.98. The second-order valence-corrected chi connectivity index (χ2v) is 3.93. The van der Waals surface area contributed by atoms with Crippen LogP contribution in [-0.2, 0) is 0 Å². The van der Waals surface area contributed by atoms with E-state index in [9.17, 15) is 5.11 Å². The number of rotatable bonds is 1. The number of nitrogens with two attached hydrogens (primary N) is 1. The minimum atomic E-state index is 0.110. The molecule has 0 amide bonds. The molecule has 1 aromatic rings. The van der Waals surface area contributed by atoms with Crippen LogP contribution in [0.5, 0.6) is 5.75 Å². The van der Waals surface area contributed by atoms with Gasteiger partial charge in [-0.1, -0.05) is 0 Å². The Kier molecular flexibility index (Phi) is 3.11. The van der Waals surface area contributed by atoms with E-state index in [4.69, 9.17) is 5.73 Å². The monoisotopic (exact) mass is 260 g/mol. The van der Waals surface area contributed by atoms with E-state index in [1.165, 1.54) is 0 Å². The van der Waals surface area contributed by atoms with Gasteiger partial charge in [-0.15, -0.1) is 0 Å². The van der Waals surface area contributed by atoms with E-state index in [2.05, 4.69) is 33.5 Å². The summed E-state index contributed by atoms with van der Waals surface area (Å²) in [5.74, 6) is 0.110. The van der Waals surface area contributed by atoms with Crippen molar-refractivity contribution in [3.8, 4) is 5.75 Å². The summed E-state index contributed by atoms with van der Waals surface area (Å²) in [4.78, 5) is 0. The SMILES string of the molecule is Cc1cc(Br)c(O)c(NC(N)=S)c1. The Morgan fingerprint density at radius 1 is 1.62 bits per heavy atom. The zero-order chi connectivity index (χ0) is 10.0. The van der Waals surface area contributed by atoms with Gasteiger partial charge in [0.25, 0.3) is 0 Å². The van der Waals surface area contributed by atoms with Crippen LogP contribution in [0.4, 0.5) is 5.69 Å². The molecule has 0 radical (unpaired) electrons. The van der Waals surface area contributed by atoms with Crippen LogP contribution < -0.4 is 11.1 Å². The fourth-order valence-corrected chi connectivity index (χ4v) is 1.65. The Labute approximate surface area is 90.1 Å². The van der Waals surface area contributed by atoms with Crippen molar-refractivity contribution in [3.05, 3.63) is 22.2 Å². The third-order valence-electron chi connectivity index (χ3n) is 1.47. The van der Waals surface area contributed by atoms with Crippen molar-refractivity contribution in [3.63, 3.8) is 0 Å². The van der Waals surface area contributed by atoms with Crippen LogP contribution in [0.2, 0.25) is 0 Å². The second kappa shape index (κ2) is 3.93. The molecule has 0 saturated heterocycles. The standard InChI is InChI=1S/C8H9BrN2OS/c1-4-2-5(9)7(12)6(3-4)11-8(10)13/h2-3,12H,1H3,(H3,10,11,13). The summed E-state index contributed by atoms with van der Waals surface area (Å²) in [5.41, 5.74) is 6.80. The molecule has 4 N–H and O–H groups in total. The summed E-state index contributed by atoms with van der Waals surface area (Å²) in [6, 6.07) is 3.57. The number of nitrogens with one attached hydrogen (secondary N) is 1. The van der Waals surface area contributed by atoms with E-state index >= 15 is 0 Å². The molecule has 0 fully saturated rings. The smallest absolute Gasteiger partial charge is 0.168 e. The molecule has 70 valence electrons. The molecule has 1 rings (SSSR count). The van der Waals surface area contributed by atoms with E-state index in [0.29, 0.717) is 10.2 Å². The first-order chi connectivity index (χ1) is 6.00. The number of thiocarbonyl (C=S) groups is 1. The predicted molar refractivity (Wildman–Crippen MR) is 61.0 cm³/mol. The number of hydrogen-bond donors (Lipinski definition) is 3. The molecular weight excluding hydrogens is 252 g/mol. The average molecular weight is 261 g/mol. The maximum Gasteiger partial charge on any atom is 0.168 e. The highest BCUT2D eigenvalue weighted by Crippen LogP contribution is 2.33. The largest absolute Gasteiger partial charge is 0.505 e. The van der Waals surface area contributed by atoms with Crippen LogP contribution in [0, 0.1) is 6.92 Å². The van der Waals surface area contributed by atoms with Gasteiger partial charge in [0.05, 0.1) is 10.2 Å².